The molecular weight excluding hydrogens is 270 g/mol. The molecule has 0 rings (SSSR count). The lowest BCUT2D eigenvalue weighted by Crippen LogP contribution is -2.31. The first-order valence-corrected chi connectivity index (χ1v) is 4.38. The highest BCUT2D eigenvalue weighted by atomic mass is 35.6. The molecule has 9 heteroatoms. The predicted octanol–water partition coefficient (Wildman–Crippen LogP) is -0.661. The van der Waals surface area contributed by atoms with Crippen LogP contribution >= 0.6 is 34.8 Å². The van der Waals surface area contributed by atoms with Gasteiger partial charge in [0.2, 0.25) is 15.6 Å². The lowest BCUT2D eigenvalue weighted by Gasteiger charge is -1.93. The smallest absolute Gasteiger partial charge is 0.245 e. The fourth-order valence-electron chi connectivity index (χ4n) is 0.212. The summed E-state index contributed by atoms with van der Waals surface area (Å²) >= 11 is 14.6. The van der Waals surface area contributed by atoms with Gasteiger partial charge in [-0.05, 0) is 0 Å². The summed E-state index contributed by atoms with van der Waals surface area (Å²) < 4.78 is -1.72. The van der Waals surface area contributed by atoms with Gasteiger partial charge in [-0.25, -0.2) is 0 Å². The zero-order valence-electron chi connectivity index (χ0n) is 7.72. The quantitative estimate of drug-likeness (QED) is 0.516. The topological polar surface area (TPSA) is 121 Å². The third-order valence-electron chi connectivity index (χ3n) is 0.645. The van der Waals surface area contributed by atoms with Crippen LogP contribution in [0, 0.1) is 0 Å². The van der Waals surface area contributed by atoms with E-state index in [1.807, 2.05) is 0 Å². The Kier molecular flexibility index (Phi) is 13.3. The molecule has 0 aromatic carbocycles. The maximum atomic E-state index is 10.0. The predicted molar refractivity (Wildman–Crippen MR) is 57.8 cm³/mol. The van der Waals surface area contributed by atoms with E-state index in [2.05, 4.69) is 11.1 Å². The van der Waals surface area contributed by atoms with E-state index in [0.29, 0.717) is 0 Å². The number of aldehydes is 1. The molecule has 0 aliphatic rings. The molecule has 0 fully saturated rings. The van der Waals surface area contributed by atoms with Crippen LogP contribution in [-0.4, -0.2) is 33.9 Å². The van der Waals surface area contributed by atoms with Gasteiger partial charge in [0.15, 0.2) is 6.29 Å². The van der Waals surface area contributed by atoms with Crippen LogP contribution in [0.25, 0.3) is 0 Å². The van der Waals surface area contributed by atoms with Crippen LogP contribution in [0.2, 0.25) is 0 Å². The molecule has 0 aliphatic carbocycles. The number of carbonyl (C=O) groups excluding carboxylic acids is 3. The van der Waals surface area contributed by atoms with Gasteiger partial charge < -0.3 is 16.5 Å². The van der Waals surface area contributed by atoms with E-state index in [1.54, 1.807) is 0 Å². The number of nitrogens with two attached hydrogens (primary N) is 1. The minimum Gasteiger partial charge on any atom is -0.412 e. The molecule has 0 saturated carbocycles. The van der Waals surface area contributed by atoms with Crippen molar-refractivity contribution in [2.24, 2.45) is 5.73 Å². The first-order chi connectivity index (χ1) is 6.19. The van der Waals surface area contributed by atoms with Crippen molar-refractivity contribution < 1.29 is 19.9 Å². The monoisotopic (exact) mass is 280 g/mol. The molecule has 0 aliphatic heterocycles. The maximum Gasteiger partial charge on any atom is 0.245 e. The second kappa shape index (κ2) is 9.97. The number of nitrogens with one attached hydrogen (secondary N) is 1. The Labute approximate surface area is 101 Å². The normalized spacial score (nSPS) is 8.80. The summed E-state index contributed by atoms with van der Waals surface area (Å²) in [5.74, 6) is -0.774. The average molecular weight is 282 g/mol. The van der Waals surface area contributed by atoms with E-state index in [-0.39, 0.29) is 24.2 Å². The van der Waals surface area contributed by atoms with Crippen LogP contribution in [-0.2, 0) is 14.4 Å². The molecule has 0 bridgehead atoms. The second-order valence-corrected chi connectivity index (χ2v) is 4.40. The van der Waals surface area contributed by atoms with Gasteiger partial charge in [-0.15, -0.1) is 0 Å². The zero-order valence-corrected chi connectivity index (χ0v) is 9.99. The average Bonchev–Trinajstić information content (AvgIpc) is 2.01. The minimum absolute atomic E-state index is 0. The SMILES string of the molecule is CC(=O)NCC(N)=O.O.O=CC(Cl)(Cl)Cl. The summed E-state index contributed by atoms with van der Waals surface area (Å²) in [6.45, 7) is 1.25. The number of alkyl halides is 3. The van der Waals surface area contributed by atoms with Gasteiger partial charge in [0.25, 0.3) is 0 Å². The number of rotatable bonds is 2. The van der Waals surface area contributed by atoms with E-state index < -0.39 is 9.70 Å². The highest BCUT2D eigenvalue weighted by Gasteiger charge is 2.16. The maximum absolute atomic E-state index is 10.0. The van der Waals surface area contributed by atoms with E-state index in [4.69, 9.17) is 34.8 Å². The van der Waals surface area contributed by atoms with Gasteiger partial charge in [0, 0.05) is 6.92 Å². The molecule has 2 amide bonds. The van der Waals surface area contributed by atoms with Crippen molar-refractivity contribution in [2.75, 3.05) is 6.54 Å². The van der Waals surface area contributed by atoms with Gasteiger partial charge in [-0.2, -0.15) is 0 Å². The Morgan fingerprint density at radius 1 is 1.40 bits per heavy atom. The summed E-state index contributed by atoms with van der Waals surface area (Å²) in [6, 6.07) is 0. The van der Waals surface area contributed by atoms with Gasteiger partial charge in [0.1, 0.15) is 0 Å². The number of hydrogen-bond donors (Lipinski definition) is 2. The van der Waals surface area contributed by atoms with Gasteiger partial charge in [0.05, 0.1) is 6.54 Å². The molecule has 0 spiro atoms. The standard InChI is InChI=1S/C4H8N2O2.C2HCl3O.H2O/c1-3(7)6-2-4(5)8;3-2(4,5)1-6;/h2H2,1H3,(H2,5,8)(H,6,7);1H;1H2. The Hall–Kier alpha value is -0.560. The number of primary amides is 1. The van der Waals surface area contributed by atoms with Gasteiger partial charge in [-0.3, -0.25) is 14.4 Å². The third-order valence-corrected chi connectivity index (χ3v) is 0.912. The number of halogens is 3. The summed E-state index contributed by atoms with van der Waals surface area (Å²) in [4.78, 5) is 29.4. The van der Waals surface area contributed by atoms with Crippen LogP contribution in [0.15, 0.2) is 0 Å². The second-order valence-electron chi connectivity index (χ2n) is 2.04. The van der Waals surface area contributed by atoms with Crippen molar-refractivity contribution in [1.82, 2.24) is 5.32 Å². The molecule has 0 aromatic rings. The van der Waals surface area contributed by atoms with Crippen molar-refractivity contribution in [1.29, 1.82) is 0 Å². The van der Waals surface area contributed by atoms with Crippen molar-refractivity contribution in [3.05, 3.63) is 0 Å². The molecule has 90 valence electrons. The molecule has 5 N–H and O–H groups in total. The minimum atomic E-state index is -1.72. The summed E-state index contributed by atoms with van der Waals surface area (Å²) in [6.07, 6.45) is 0.234. The number of hydrogen-bond acceptors (Lipinski definition) is 3. The largest absolute Gasteiger partial charge is 0.412 e. The molecule has 0 aromatic heterocycles. The Bertz CT molecular complexity index is 203. The molecule has 0 saturated heterocycles. The van der Waals surface area contributed by atoms with Gasteiger partial charge >= 0.3 is 0 Å². The lowest BCUT2D eigenvalue weighted by atomic mass is 10.6. The van der Waals surface area contributed by atoms with E-state index in [1.165, 1.54) is 6.92 Å². The molecular formula is C6H11Cl3N2O4. The van der Waals surface area contributed by atoms with E-state index in [0.717, 1.165) is 0 Å². The summed E-state index contributed by atoms with van der Waals surface area (Å²) in [7, 11) is 0. The van der Waals surface area contributed by atoms with Crippen molar-refractivity contribution >= 4 is 52.9 Å². The molecule has 0 unspecified atom stereocenters. The third kappa shape index (κ3) is 31.8. The van der Waals surface area contributed by atoms with Crippen LogP contribution in [0.4, 0.5) is 0 Å². The molecule has 0 radical (unpaired) electrons. The van der Waals surface area contributed by atoms with Crippen molar-refractivity contribution in [3.63, 3.8) is 0 Å². The Morgan fingerprint density at radius 2 is 1.73 bits per heavy atom. The Balaban J connectivity index is -0.000000187. The Morgan fingerprint density at radius 3 is 1.80 bits per heavy atom. The van der Waals surface area contributed by atoms with Crippen LogP contribution in [0.1, 0.15) is 6.92 Å². The fourth-order valence-corrected chi connectivity index (χ4v) is 0.212. The fraction of sp³-hybridized carbons (Fsp3) is 0.500. The number of carbonyl (C=O) groups is 3. The zero-order chi connectivity index (χ0) is 11.8. The van der Waals surface area contributed by atoms with E-state index >= 15 is 0 Å². The van der Waals surface area contributed by atoms with Crippen molar-refractivity contribution in [2.45, 2.75) is 10.7 Å². The van der Waals surface area contributed by atoms with Crippen molar-refractivity contribution in [3.8, 4) is 0 Å². The molecule has 0 atom stereocenters. The lowest BCUT2D eigenvalue weighted by molar-refractivity contribution is -0.123. The highest BCUT2D eigenvalue weighted by molar-refractivity contribution is 6.74. The van der Waals surface area contributed by atoms with Crippen LogP contribution < -0.4 is 11.1 Å². The van der Waals surface area contributed by atoms with Crippen LogP contribution in [0.3, 0.4) is 0 Å². The number of amides is 2. The first kappa shape index (κ1) is 19.9. The summed E-state index contributed by atoms with van der Waals surface area (Å²) in [5, 5.41) is 2.23. The molecule has 0 heterocycles. The summed E-state index contributed by atoms with van der Waals surface area (Å²) in [5.41, 5.74) is 4.69. The first-order valence-electron chi connectivity index (χ1n) is 3.25. The van der Waals surface area contributed by atoms with Crippen LogP contribution in [0.5, 0.6) is 0 Å². The highest BCUT2D eigenvalue weighted by Crippen LogP contribution is 2.21. The molecule has 6 nitrogen and oxygen atoms in total. The van der Waals surface area contributed by atoms with Gasteiger partial charge in [-0.1, -0.05) is 34.8 Å². The molecule has 15 heavy (non-hydrogen) atoms. The van der Waals surface area contributed by atoms with E-state index in [9.17, 15) is 14.4 Å².